The fraction of sp³-hybridized carbons (Fsp3) is 0.312. The number of benzene rings is 1. The van der Waals surface area contributed by atoms with E-state index in [0.717, 1.165) is 29.2 Å². The number of imidazole rings is 1. The number of furan rings is 1. The lowest BCUT2D eigenvalue weighted by Crippen LogP contribution is -2.26. The van der Waals surface area contributed by atoms with Gasteiger partial charge in [-0.1, -0.05) is 12.5 Å². The molecule has 3 heterocycles. The van der Waals surface area contributed by atoms with Gasteiger partial charge in [-0.25, -0.2) is 4.98 Å². The molecule has 2 N–H and O–H groups in total. The van der Waals surface area contributed by atoms with Crippen molar-refractivity contribution in [2.75, 3.05) is 6.54 Å². The summed E-state index contributed by atoms with van der Waals surface area (Å²) in [6, 6.07) is 10.7. The first-order chi connectivity index (χ1) is 9.90. The van der Waals surface area contributed by atoms with Crippen LogP contribution in [0, 0.1) is 0 Å². The van der Waals surface area contributed by atoms with E-state index in [1.165, 1.54) is 24.8 Å². The summed E-state index contributed by atoms with van der Waals surface area (Å²) < 4.78 is 5.39. The molecule has 1 aliphatic heterocycles. The van der Waals surface area contributed by atoms with E-state index in [0.29, 0.717) is 6.04 Å². The normalized spacial score (nSPS) is 19.5. The summed E-state index contributed by atoms with van der Waals surface area (Å²) in [5.41, 5.74) is 3.39. The van der Waals surface area contributed by atoms with Gasteiger partial charge < -0.3 is 14.7 Å². The molecule has 4 nitrogen and oxygen atoms in total. The molecule has 0 spiro atoms. The molecule has 20 heavy (non-hydrogen) atoms. The molecular weight excluding hydrogens is 250 g/mol. The van der Waals surface area contributed by atoms with Gasteiger partial charge in [-0.2, -0.15) is 0 Å². The molecule has 4 rings (SSSR count). The number of aromatic amines is 1. The molecule has 4 heteroatoms. The largest absolute Gasteiger partial charge is 0.461 e. The van der Waals surface area contributed by atoms with E-state index in [1.807, 2.05) is 12.1 Å². The van der Waals surface area contributed by atoms with Crippen LogP contribution in [0.1, 0.15) is 30.9 Å². The molecule has 0 aliphatic carbocycles. The highest BCUT2D eigenvalue weighted by Crippen LogP contribution is 2.27. The molecule has 0 amide bonds. The van der Waals surface area contributed by atoms with Crippen LogP contribution in [-0.2, 0) is 0 Å². The highest BCUT2D eigenvalue weighted by atomic mass is 16.3. The Hall–Kier alpha value is -2.07. The van der Waals surface area contributed by atoms with Crippen molar-refractivity contribution in [3.8, 4) is 11.6 Å². The number of H-pyrrole nitrogens is 1. The predicted octanol–water partition coefficient (Wildman–Crippen LogP) is 3.64. The minimum Gasteiger partial charge on any atom is -0.461 e. The molecule has 0 radical (unpaired) electrons. The summed E-state index contributed by atoms with van der Waals surface area (Å²) >= 11 is 0. The first-order valence-corrected chi connectivity index (χ1v) is 7.17. The number of fused-ring (bicyclic) bond motifs is 1. The molecule has 1 atom stereocenters. The molecular formula is C16H17N3O. The number of piperidine rings is 1. The molecule has 1 aromatic carbocycles. The zero-order chi connectivity index (χ0) is 13.4. The van der Waals surface area contributed by atoms with Gasteiger partial charge in [0.05, 0.1) is 17.3 Å². The van der Waals surface area contributed by atoms with Gasteiger partial charge >= 0.3 is 0 Å². The number of rotatable bonds is 2. The van der Waals surface area contributed by atoms with Crippen molar-refractivity contribution in [2.45, 2.75) is 25.3 Å². The second-order valence-corrected chi connectivity index (χ2v) is 5.34. The zero-order valence-corrected chi connectivity index (χ0v) is 11.2. The van der Waals surface area contributed by atoms with Gasteiger partial charge in [0.2, 0.25) is 0 Å². The quantitative estimate of drug-likeness (QED) is 0.745. The van der Waals surface area contributed by atoms with E-state index >= 15 is 0 Å². The predicted molar refractivity (Wildman–Crippen MR) is 78.4 cm³/mol. The molecule has 1 fully saturated rings. The molecule has 1 aliphatic rings. The standard InChI is InChI=1S/C16H17N3O/c1-2-8-17-12(4-1)11-6-7-13-14(10-11)19-16(18-13)15-5-3-9-20-15/h3,5-7,9-10,12,17H,1-2,4,8H2,(H,18,19). The number of aromatic nitrogens is 2. The Morgan fingerprint density at radius 1 is 1.20 bits per heavy atom. The van der Waals surface area contributed by atoms with Crippen LogP contribution in [-0.4, -0.2) is 16.5 Å². The number of hydrogen-bond acceptors (Lipinski definition) is 3. The minimum absolute atomic E-state index is 0.475. The lowest BCUT2D eigenvalue weighted by Gasteiger charge is -2.23. The third-order valence-corrected chi connectivity index (χ3v) is 3.97. The molecule has 3 aromatic rings. The van der Waals surface area contributed by atoms with Crippen molar-refractivity contribution in [1.29, 1.82) is 0 Å². The van der Waals surface area contributed by atoms with Gasteiger partial charge in [0, 0.05) is 6.04 Å². The van der Waals surface area contributed by atoms with Crippen LogP contribution in [0.4, 0.5) is 0 Å². The van der Waals surface area contributed by atoms with Crippen LogP contribution >= 0.6 is 0 Å². The molecule has 0 bridgehead atoms. The number of hydrogen-bond donors (Lipinski definition) is 2. The monoisotopic (exact) mass is 267 g/mol. The maximum absolute atomic E-state index is 5.39. The number of nitrogens with zero attached hydrogens (tertiary/aromatic N) is 1. The molecule has 2 aromatic heterocycles. The molecule has 1 unspecified atom stereocenters. The molecule has 1 saturated heterocycles. The average molecular weight is 267 g/mol. The van der Waals surface area contributed by atoms with Crippen molar-refractivity contribution >= 4 is 11.0 Å². The Bertz CT molecular complexity index is 708. The van der Waals surface area contributed by atoms with Crippen LogP contribution in [0.5, 0.6) is 0 Å². The number of nitrogens with one attached hydrogen (secondary N) is 2. The summed E-state index contributed by atoms with van der Waals surface area (Å²) in [5.74, 6) is 1.57. The summed E-state index contributed by atoms with van der Waals surface area (Å²) in [5, 5.41) is 3.58. The first kappa shape index (κ1) is 11.7. The highest BCUT2D eigenvalue weighted by molar-refractivity contribution is 5.79. The van der Waals surface area contributed by atoms with Gasteiger partial charge in [0.25, 0.3) is 0 Å². The van der Waals surface area contributed by atoms with Gasteiger partial charge in [-0.3, -0.25) is 0 Å². The molecule has 102 valence electrons. The van der Waals surface area contributed by atoms with Crippen LogP contribution < -0.4 is 5.32 Å². The van der Waals surface area contributed by atoms with E-state index in [4.69, 9.17) is 4.42 Å². The van der Waals surface area contributed by atoms with Crippen molar-refractivity contribution in [2.24, 2.45) is 0 Å². The van der Waals surface area contributed by atoms with E-state index in [-0.39, 0.29) is 0 Å². The Morgan fingerprint density at radius 3 is 3.00 bits per heavy atom. The smallest absolute Gasteiger partial charge is 0.174 e. The summed E-state index contributed by atoms with van der Waals surface area (Å²) in [6.45, 7) is 1.11. The second-order valence-electron chi connectivity index (χ2n) is 5.34. The highest BCUT2D eigenvalue weighted by Gasteiger charge is 2.16. The average Bonchev–Trinajstić information content (AvgIpc) is 3.16. The lowest BCUT2D eigenvalue weighted by molar-refractivity contribution is 0.412. The van der Waals surface area contributed by atoms with Crippen molar-refractivity contribution in [1.82, 2.24) is 15.3 Å². The van der Waals surface area contributed by atoms with Crippen molar-refractivity contribution in [3.05, 3.63) is 42.2 Å². The van der Waals surface area contributed by atoms with E-state index in [2.05, 4.69) is 33.5 Å². The second kappa shape index (κ2) is 4.80. The van der Waals surface area contributed by atoms with Crippen LogP contribution in [0.25, 0.3) is 22.6 Å². The third-order valence-electron chi connectivity index (χ3n) is 3.97. The SMILES string of the molecule is c1coc(-c2nc3ccc(C4CCCCN4)cc3[nH]2)c1. The summed E-state index contributed by atoms with van der Waals surface area (Å²) in [4.78, 5) is 7.92. The Kier molecular flexibility index (Phi) is 2.81. The van der Waals surface area contributed by atoms with Crippen molar-refractivity contribution < 1.29 is 4.42 Å². The van der Waals surface area contributed by atoms with Crippen LogP contribution in [0.15, 0.2) is 41.0 Å². The van der Waals surface area contributed by atoms with E-state index in [1.54, 1.807) is 6.26 Å². The van der Waals surface area contributed by atoms with Gasteiger partial charge in [-0.05, 0) is 49.2 Å². The minimum atomic E-state index is 0.475. The van der Waals surface area contributed by atoms with E-state index in [9.17, 15) is 0 Å². The van der Waals surface area contributed by atoms with Gasteiger partial charge in [0.1, 0.15) is 0 Å². The fourth-order valence-electron chi connectivity index (χ4n) is 2.91. The zero-order valence-electron chi connectivity index (χ0n) is 11.2. The van der Waals surface area contributed by atoms with Gasteiger partial charge in [-0.15, -0.1) is 0 Å². The maximum Gasteiger partial charge on any atom is 0.174 e. The maximum atomic E-state index is 5.39. The topological polar surface area (TPSA) is 53.9 Å². The van der Waals surface area contributed by atoms with E-state index < -0.39 is 0 Å². The Morgan fingerprint density at radius 2 is 2.20 bits per heavy atom. The van der Waals surface area contributed by atoms with Crippen LogP contribution in [0.3, 0.4) is 0 Å². The van der Waals surface area contributed by atoms with Gasteiger partial charge in [0.15, 0.2) is 11.6 Å². The van der Waals surface area contributed by atoms with Crippen molar-refractivity contribution in [3.63, 3.8) is 0 Å². The third kappa shape index (κ3) is 2.02. The fourth-order valence-corrected chi connectivity index (χ4v) is 2.91. The van der Waals surface area contributed by atoms with Crippen LogP contribution in [0.2, 0.25) is 0 Å². The summed E-state index contributed by atoms with van der Waals surface area (Å²) in [6.07, 6.45) is 5.46. The first-order valence-electron chi connectivity index (χ1n) is 7.17. The molecule has 0 saturated carbocycles. The summed E-state index contributed by atoms with van der Waals surface area (Å²) in [7, 11) is 0. The Labute approximate surface area is 117 Å². The Balaban J connectivity index is 1.72. The lowest BCUT2D eigenvalue weighted by atomic mass is 9.97.